The van der Waals surface area contributed by atoms with Gasteiger partial charge >= 0.3 is 11.9 Å². The average Bonchev–Trinajstić information content (AvgIpc) is 3.42. The van der Waals surface area contributed by atoms with Gasteiger partial charge in [0.25, 0.3) is 5.91 Å². The lowest BCUT2D eigenvalue weighted by molar-refractivity contribution is -0.163. The van der Waals surface area contributed by atoms with Crippen LogP contribution in [0.2, 0.25) is 0 Å². The second-order valence-electron chi connectivity index (χ2n) is 12.0. The molecule has 206 valence electrons. The molecule has 0 radical (unpaired) electrons. The van der Waals surface area contributed by atoms with E-state index in [2.05, 4.69) is 19.2 Å². The van der Waals surface area contributed by atoms with E-state index in [9.17, 15) is 24.6 Å². The van der Waals surface area contributed by atoms with Crippen LogP contribution >= 0.6 is 0 Å². The molecule has 2 aromatic rings. The van der Waals surface area contributed by atoms with E-state index < -0.39 is 41.7 Å². The Morgan fingerprint density at radius 3 is 2.33 bits per heavy atom. The van der Waals surface area contributed by atoms with Crippen molar-refractivity contribution < 1.29 is 34.1 Å². The summed E-state index contributed by atoms with van der Waals surface area (Å²) in [4.78, 5) is 39.2. The minimum absolute atomic E-state index is 0.0191. The topological polar surface area (TPSA) is 122 Å². The number of carbonyl (C=O) groups is 3. The van der Waals surface area contributed by atoms with Crippen molar-refractivity contribution in [2.75, 3.05) is 6.61 Å². The van der Waals surface area contributed by atoms with Crippen LogP contribution in [0.25, 0.3) is 0 Å². The number of cyclic esters (lactones) is 1. The molecule has 0 saturated heterocycles. The number of amides is 1. The summed E-state index contributed by atoms with van der Waals surface area (Å²) in [7, 11) is 0. The number of aliphatic hydroxyl groups is 2. The first-order chi connectivity index (χ1) is 18.5. The van der Waals surface area contributed by atoms with E-state index in [0.717, 1.165) is 0 Å². The predicted octanol–water partition coefficient (Wildman–Crippen LogP) is 3.49. The zero-order valence-corrected chi connectivity index (χ0v) is 22.4. The Kier molecular flexibility index (Phi) is 7.11. The van der Waals surface area contributed by atoms with Gasteiger partial charge in [-0.25, -0.2) is 9.59 Å². The van der Waals surface area contributed by atoms with Crippen molar-refractivity contribution in [1.29, 1.82) is 0 Å². The molecule has 1 heterocycles. The van der Waals surface area contributed by atoms with Gasteiger partial charge in [-0.3, -0.25) is 4.79 Å². The van der Waals surface area contributed by atoms with Crippen LogP contribution in [0.4, 0.5) is 0 Å². The predicted molar refractivity (Wildman–Crippen MR) is 142 cm³/mol. The molecule has 0 aromatic heterocycles. The molecule has 3 N–H and O–H groups in total. The first kappa shape index (κ1) is 27.1. The number of carbonyl (C=O) groups excluding carboxylic acids is 3. The highest BCUT2D eigenvalue weighted by Crippen LogP contribution is 2.56. The van der Waals surface area contributed by atoms with E-state index >= 15 is 0 Å². The first-order valence-corrected chi connectivity index (χ1v) is 13.4. The second-order valence-corrected chi connectivity index (χ2v) is 12.0. The molecule has 1 saturated carbocycles. The van der Waals surface area contributed by atoms with Gasteiger partial charge in [0.05, 0.1) is 11.6 Å². The zero-order chi connectivity index (χ0) is 27.9. The van der Waals surface area contributed by atoms with Crippen LogP contribution in [-0.2, 0) is 19.1 Å². The summed E-state index contributed by atoms with van der Waals surface area (Å²) in [6.07, 6.45) is -1.07. The summed E-state index contributed by atoms with van der Waals surface area (Å²) in [5, 5.41) is 25.5. The Morgan fingerprint density at radius 2 is 1.67 bits per heavy atom. The summed E-state index contributed by atoms with van der Waals surface area (Å²) in [5.74, 6) is -2.35. The minimum Gasteiger partial charge on any atom is -0.458 e. The molecule has 0 spiro atoms. The molecule has 39 heavy (non-hydrogen) atoms. The van der Waals surface area contributed by atoms with Crippen molar-refractivity contribution in [2.45, 2.75) is 63.9 Å². The van der Waals surface area contributed by atoms with Crippen LogP contribution in [-0.4, -0.2) is 52.5 Å². The van der Waals surface area contributed by atoms with Gasteiger partial charge in [0.1, 0.15) is 12.7 Å². The number of esters is 2. The van der Waals surface area contributed by atoms with E-state index in [4.69, 9.17) is 9.47 Å². The molecule has 1 aliphatic heterocycles. The smallest absolute Gasteiger partial charge is 0.338 e. The fourth-order valence-corrected chi connectivity index (χ4v) is 6.55. The molecule has 2 aromatic carbocycles. The lowest BCUT2D eigenvalue weighted by Crippen LogP contribution is -2.45. The summed E-state index contributed by atoms with van der Waals surface area (Å²) in [6.45, 7) is 5.93. The molecular weight excluding hydrogens is 498 g/mol. The summed E-state index contributed by atoms with van der Waals surface area (Å²) in [5.41, 5.74) is 0.525. The van der Waals surface area contributed by atoms with Gasteiger partial charge < -0.3 is 25.0 Å². The largest absolute Gasteiger partial charge is 0.458 e. The molecule has 0 unspecified atom stereocenters. The molecule has 8 heteroatoms. The van der Waals surface area contributed by atoms with Crippen molar-refractivity contribution in [1.82, 2.24) is 5.32 Å². The number of fused-ring (bicyclic) bond motifs is 1. The van der Waals surface area contributed by atoms with E-state index in [1.165, 1.54) is 0 Å². The molecule has 6 atom stereocenters. The highest BCUT2D eigenvalue weighted by molar-refractivity contribution is 5.95. The van der Waals surface area contributed by atoms with Gasteiger partial charge in [0, 0.05) is 29.0 Å². The van der Waals surface area contributed by atoms with Crippen molar-refractivity contribution in [3.63, 3.8) is 0 Å². The molecule has 2 aliphatic carbocycles. The highest BCUT2D eigenvalue weighted by atomic mass is 16.6. The van der Waals surface area contributed by atoms with E-state index in [1.54, 1.807) is 67.6 Å². The monoisotopic (exact) mass is 533 g/mol. The highest BCUT2D eigenvalue weighted by Gasteiger charge is 2.56. The number of benzene rings is 2. The van der Waals surface area contributed by atoms with E-state index in [-0.39, 0.29) is 30.3 Å². The minimum atomic E-state index is -1.72. The van der Waals surface area contributed by atoms with Crippen molar-refractivity contribution >= 4 is 17.8 Å². The number of aliphatic hydroxyl groups excluding tert-OH is 1. The fraction of sp³-hybridized carbons (Fsp3) is 0.452. The fourth-order valence-electron chi connectivity index (χ4n) is 6.55. The van der Waals surface area contributed by atoms with Gasteiger partial charge in [0.2, 0.25) is 0 Å². The molecule has 1 fully saturated rings. The molecule has 1 amide bonds. The van der Waals surface area contributed by atoms with E-state index in [1.807, 2.05) is 0 Å². The third kappa shape index (κ3) is 5.36. The van der Waals surface area contributed by atoms with Crippen molar-refractivity contribution in [2.24, 2.45) is 17.3 Å². The van der Waals surface area contributed by atoms with Gasteiger partial charge in [0.15, 0.2) is 6.10 Å². The molecule has 5 rings (SSSR count). The Balaban J connectivity index is 1.45. The van der Waals surface area contributed by atoms with Gasteiger partial charge in [-0.1, -0.05) is 62.4 Å². The SMILES string of the molecule is CC1(C)C[C@H]2[C@H](OC(=O)[C@H](O)[C@@H](NC(=O)c3ccccc3)c3ccccc3)C3=C(C[C@](C)(O)[C@H]2C1)C(=O)OC3. The number of hydrogen-bond acceptors (Lipinski definition) is 7. The van der Waals surface area contributed by atoms with Crippen LogP contribution in [0.1, 0.15) is 62.0 Å². The number of ether oxygens (including phenoxy) is 2. The Labute approximate surface area is 228 Å². The second kappa shape index (κ2) is 10.2. The quantitative estimate of drug-likeness (QED) is 0.486. The number of hydrogen-bond donors (Lipinski definition) is 3. The van der Waals surface area contributed by atoms with Gasteiger partial charge in [-0.05, 0) is 48.8 Å². The molecular formula is C31H35NO7. The lowest BCUT2D eigenvalue weighted by atomic mass is 9.78. The van der Waals surface area contributed by atoms with E-state index in [0.29, 0.717) is 35.1 Å². The lowest BCUT2D eigenvalue weighted by Gasteiger charge is -2.35. The third-order valence-corrected chi connectivity index (χ3v) is 8.42. The zero-order valence-electron chi connectivity index (χ0n) is 22.4. The molecule has 0 bridgehead atoms. The summed E-state index contributed by atoms with van der Waals surface area (Å²) < 4.78 is 11.3. The van der Waals surface area contributed by atoms with Crippen molar-refractivity contribution in [3.05, 3.63) is 82.9 Å². The van der Waals surface area contributed by atoms with Gasteiger partial charge in [-0.15, -0.1) is 0 Å². The maximum Gasteiger partial charge on any atom is 0.338 e. The van der Waals surface area contributed by atoms with Crippen LogP contribution < -0.4 is 5.32 Å². The first-order valence-electron chi connectivity index (χ1n) is 13.4. The van der Waals surface area contributed by atoms with Crippen LogP contribution in [0.5, 0.6) is 0 Å². The standard InChI is InChI=1S/C31H35NO7/c1-30(2)14-21-23(16-30)31(3,37)15-20-22(17-38-28(20)35)26(21)39-29(36)25(33)24(18-10-6-4-7-11-18)32-27(34)19-12-8-5-9-13-19/h4-13,21,23-26,33,37H,14-17H2,1-3H3,(H,32,34)/t21-,23+,24+,25-,26+,31+/m1/s1. The number of nitrogens with one attached hydrogen (secondary N) is 1. The van der Waals surface area contributed by atoms with Crippen LogP contribution in [0.3, 0.4) is 0 Å². The molecule has 3 aliphatic rings. The third-order valence-electron chi connectivity index (χ3n) is 8.42. The summed E-state index contributed by atoms with van der Waals surface area (Å²) >= 11 is 0. The normalized spacial score (nSPS) is 28.9. The van der Waals surface area contributed by atoms with Crippen LogP contribution in [0.15, 0.2) is 71.8 Å². The maximum absolute atomic E-state index is 13.6. The Hall–Kier alpha value is -3.49. The van der Waals surface area contributed by atoms with Crippen LogP contribution in [0, 0.1) is 17.3 Å². The average molecular weight is 534 g/mol. The molecule has 8 nitrogen and oxygen atoms in total. The Morgan fingerprint density at radius 1 is 1.03 bits per heavy atom. The summed E-state index contributed by atoms with van der Waals surface area (Å²) in [6, 6.07) is 16.2. The maximum atomic E-state index is 13.6. The van der Waals surface area contributed by atoms with Gasteiger partial charge in [-0.2, -0.15) is 0 Å². The number of rotatable bonds is 6. The van der Waals surface area contributed by atoms with Crippen molar-refractivity contribution in [3.8, 4) is 0 Å². The Bertz CT molecular complexity index is 1280.